The third-order valence-corrected chi connectivity index (χ3v) is 7.11. The molecule has 0 aliphatic heterocycles. The summed E-state index contributed by atoms with van der Waals surface area (Å²) >= 11 is 3.36. The molecule has 0 bridgehead atoms. The molecule has 8 nitrogen and oxygen atoms in total. The highest BCUT2D eigenvalue weighted by Gasteiger charge is 2.34. The number of halogens is 1. The Balaban J connectivity index is 2.26. The van der Waals surface area contributed by atoms with Crippen LogP contribution in [0.25, 0.3) is 0 Å². The first kappa shape index (κ1) is 24.6. The zero-order chi connectivity index (χ0) is 22.1. The van der Waals surface area contributed by atoms with Crippen LogP contribution in [-0.2, 0) is 27.4 Å². The van der Waals surface area contributed by atoms with Crippen molar-refractivity contribution < 1.29 is 14.3 Å². The Morgan fingerprint density at radius 3 is 2.67 bits per heavy atom. The highest BCUT2D eigenvalue weighted by Crippen LogP contribution is 2.31. The predicted molar refractivity (Wildman–Crippen MR) is 121 cm³/mol. The summed E-state index contributed by atoms with van der Waals surface area (Å²) in [5, 5.41) is 12.3. The van der Waals surface area contributed by atoms with Gasteiger partial charge in [-0.25, -0.2) is 9.67 Å². The third kappa shape index (κ3) is 7.55. The van der Waals surface area contributed by atoms with Gasteiger partial charge in [-0.3, -0.25) is 4.79 Å². The van der Waals surface area contributed by atoms with Crippen molar-refractivity contribution in [3.8, 4) is 0 Å². The van der Waals surface area contributed by atoms with E-state index in [-0.39, 0.29) is 24.5 Å². The normalized spacial score (nSPS) is 13.8. The second kappa shape index (κ2) is 11.7. The number of rotatable bonds is 12. The summed E-state index contributed by atoms with van der Waals surface area (Å²) in [6, 6.07) is 4.95. The minimum atomic E-state index is -1.18. The van der Waals surface area contributed by atoms with Crippen molar-refractivity contribution in [2.75, 3.05) is 13.7 Å². The molecule has 2 aromatic rings. The van der Waals surface area contributed by atoms with Crippen LogP contribution in [0.2, 0.25) is 25.7 Å². The molecule has 30 heavy (non-hydrogen) atoms. The van der Waals surface area contributed by atoms with E-state index in [2.05, 4.69) is 63.0 Å². The van der Waals surface area contributed by atoms with Crippen molar-refractivity contribution in [1.29, 1.82) is 0 Å². The highest BCUT2D eigenvalue weighted by molar-refractivity contribution is 9.10. The number of tetrazole rings is 1. The van der Waals surface area contributed by atoms with Gasteiger partial charge in [0, 0.05) is 26.8 Å². The zero-order valence-electron chi connectivity index (χ0n) is 18.5. The molecule has 0 fully saturated rings. The maximum atomic E-state index is 12.6. The lowest BCUT2D eigenvalue weighted by molar-refractivity contribution is -0.146. The van der Waals surface area contributed by atoms with E-state index in [1.54, 1.807) is 10.9 Å². The minimum absolute atomic E-state index is 0.240. The van der Waals surface area contributed by atoms with E-state index in [1.165, 1.54) is 7.11 Å². The number of carbonyl (C=O) groups is 1. The summed E-state index contributed by atoms with van der Waals surface area (Å²) in [7, 11) is 0.246. The lowest BCUT2D eigenvalue weighted by Crippen LogP contribution is -2.28. The van der Waals surface area contributed by atoms with Crippen molar-refractivity contribution >= 4 is 30.0 Å². The van der Waals surface area contributed by atoms with E-state index in [0.29, 0.717) is 25.3 Å². The van der Waals surface area contributed by atoms with Crippen LogP contribution in [0.5, 0.6) is 0 Å². The van der Waals surface area contributed by atoms with Crippen LogP contribution in [0.15, 0.2) is 22.9 Å². The average Bonchev–Trinajstić information content (AvgIpc) is 3.16. The number of pyridine rings is 1. The fourth-order valence-electron chi connectivity index (χ4n) is 3.24. The Labute approximate surface area is 187 Å². The lowest BCUT2D eigenvalue weighted by atomic mass is 9.83. The molecular formula is C20H32BrN5O3Si. The molecule has 0 aliphatic rings. The largest absolute Gasteiger partial charge is 0.469 e. The number of hydrogen-bond donors (Lipinski definition) is 0. The number of aromatic nitrogens is 5. The second-order valence-corrected chi connectivity index (χ2v) is 15.0. The summed E-state index contributed by atoms with van der Waals surface area (Å²) in [5.41, 5.74) is 1.00. The third-order valence-electron chi connectivity index (χ3n) is 4.93. The van der Waals surface area contributed by atoms with Crippen LogP contribution in [0.1, 0.15) is 37.1 Å². The molecule has 0 spiro atoms. The maximum Gasteiger partial charge on any atom is 0.309 e. The summed E-state index contributed by atoms with van der Waals surface area (Å²) in [4.78, 5) is 16.9. The first-order chi connectivity index (χ1) is 14.2. The van der Waals surface area contributed by atoms with Gasteiger partial charge >= 0.3 is 5.97 Å². The number of nitrogens with zero attached hydrogens (tertiary/aromatic N) is 5. The summed E-state index contributed by atoms with van der Waals surface area (Å²) in [6.45, 7) is 9.93. The Morgan fingerprint density at radius 1 is 1.30 bits per heavy atom. The number of esters is 1. The highest BCUT2D eigenvalue weighted by atomic mass is 79.9. The van der Waals surface area contributed by atoms with Gasteiger partial charge in [0.05, 0.1) is 13.0 Å². The lowest BCUT2D eigenvalue weighted by Gasteiger charge is -2.24. The molecule has 2 rings (SSSR count). The van der Waals surface area contributed by atoms with Crippen LogP contribution >= 0.6 is 15.9 Å². The van der Waals surface area contributed by atoms with Gasteiger partial charge in [-0.2, -0.15) is 0 Å². The average molecular weight is 498 g/mol. The standard InChI is InChI=1S/C20H32BrN5O3Si/c1-6-7-16(20(27)28-2)17(12-15-8-9-18(21)22-13-15)19-23-24-25-26(19)14-29-10-11-30(3,4)5/h8-9,13,16-17H,6-7,10-12,14H2,1-5H3/t16?,17-/m0/s1. The Morgan fingerprint density at radius 2 is 2.07 bits per heavy atom. The fraction of sp³-hybridized carbons (Fsp3) is 0.650. The van der Waals surface area contributed by atoms with Gasteiger partial charge in [0.25, 0.3) is 0 Å². The SMILES string of the molecule is CCCC(C(=O)OC)[C@H](Cc1ccc(Br)nc1)c1nnnn1COCC[Si](C)(C)C. The molecule has 2 heterocycles. The number of hydrogen-bond acceptors (Lipinski definition) is 7. The van der Waals surface area contributed by atoms with Crippen molar-refractivity contribution in [3.63, 3.8) is 0 Å². The Hall–Kier alpha value is -1.65. The molecule has 0 saturated carbocycles. The van der Waals surface area contributed by atoms with Gasteiger partial charge in [0.15, 0.2) is 5.82 Å². The van der Waals surface area contributed by atoms with E-state index in [0.717, 1.165) is 22.6 Å². The molecule has 166 valence electrons. The van der Waals surface area contributed by atoms with Crippen LogP contribution in [0, 0.1) is 5.92 Å². The van der Waals surface area contributed by atoms with Crippen molar-refractivity contribution in [3.05, 3.63) is 34.3 Å². The molecule has 0 radical (unpaired) electrons. The molecule has 0 saturated heterocycles. The van der Waals surface area contributed by atoms with Gasteiger partial charge in [-0.15, -0.1) is 5.10 Å². The topological polar surface area (TPSA) is 92.0 Å². The molecule has 2 aromatic heterocycles. The molecule has 0 aromatic carbocycles. The van der Waals surface area contributed by atoms with E-state index >= 15 is 0 Å². The van der Waals surface area contributed by atoms with E-state index in [4.69, 9.17) is 9.47 Å². The monoisotopic (exact) mass is 497 g/mol. The smallest absolute Gasteiger partial charge is 0.309 e. The van der Waals surface area contributed by atoms with Crippen LogP contribution in [0.3, 0.4) is 0 Å². The van der Waals surface area contributed by atoms with Gasteiger partial charge in [0.1, 0.15) is 11.3 Å². The minimum Gasteiger partial charge on any atom is -0.469 e. The van der Waals surface area contributed by atoms with Gasteiger partial charge in [0.2, 0.25) is 0 Å². The molecule has 0 amide bonds. The van der Waals surface area contributed by atoms with Crippen molar-refractivity contribution in [2.45, 2.75) is 64.5 Å². The van der Waals surface area contributed by atoms with Gasteiger partial charge < -0.3 is 9.47 Å². The van der Waals surface area contributed by atoms with Crippen molar-refractivity contribution in [1.82, 2.24) is 25.2 Å². The summed E-state index contributed by atoms with van der Waals surface area (Å²) < 4.78 is 13.4. The molecular weight excluding hydrogens is 466 g/mol. The predicted octanol–water partition coefficient (Wildman–Crippen LogP) is 4.06. The number of carbonyl (C=O) groups excluding carboxylic acids is 1. The molecule has 10 heteroatoms. The van der Waals surface area contributed by atoms with Gasteiger partial charge in [-0.1, -0.05) is 39.1 Å². The maximum absolute atomic E-state index is 12.6. The number of ether oxygens (including phenoxy) is 2. The first-order valence-corrected chi connectivity index (χ1v) is 14.8. The van der Waals surface area contributed by atoms with Crippen LogP contribution in [0.4, 0.5) is 0 Å². The molecule has 0 aliphatic carbocycles. The van der Waals surface area contributed by atoms with E-state index in [1.807, 2.05) is 12.1 Å². The summed E-state index contributed by atoms with van der Waals surface area (Å²) in [5.74, 6) is -0.206. The van der Waals surface area contributed by atoms with E-state index in [9.17, 15) is 4.79 Å². The summed E-state index contributed by atoms with van der Waals surface area (Å²) in [6.07, 6.45) is 3.92. The number of methoxy groups -OCH3 is 1. The molecule has 0 N–H and O–H groups in total. The second-order valence-electron chi connectivity index (χ2n) is 8.60. The van der Waals surface area contributed by atoms with Gasteiger partial charge in [-0.05, 0) is 56.9 Å². The van der Waals surface area contributed by atoms with E-state index < -0.39 is 8.07 Å². The Bertz CT molecular complexity index is 794. The molecule has 1 unspecified atom stereocenters. The Kier molecular flexibility index (Phi) is 9.57. The zero-order valence-corrected chi connectivity index (χ0v) is 21.1. The molecule has 2 atom stereocenters. The fourth-order valence-corrected chi connectivity index (χ4v) is 4.23. The first-order valence-electron chi connectivity index (χ1n) is 10.3. The van der Waals surface area contributed by atoms with Crippen molar-refractivity contribution in [2.24, 2.45) is 5.92 Å². The quantitative estimate of drug-likeness (QED) is 0.189. The van der Waals surface area contributed by atoms with Crippen LogP contribution in [-0.4, -0.2) is 53.0 Å². The van der Waals surface area contributed by atoms with Crippen LogP contribution < -0.4 is 0 Å².